The van der Waals surface area contributed by atoms with E-state index in [1.165, 1.54) is 25.0 Å². The number of aryl methyl sites for hydroxylation is 1. The van der Waals surface area contributed by atoms with E-state index in [1.807, 2.05) is 79.7 Å². The molecule has 3 fully saturated rings. The minimum absolute atomic E-state index is 0.175. The number of hydrogen-bond donors (Lipinski definition) is 6. The van der Waals surface area contributed by atoms with Crippen LogP contribution in [0.25, 0.3) is 22.3 Å². The van der Waals surface area contributed by atoms with Gasteiger partial charge in [0.25, 0.3) is 0 Å². The molecule has 466 valence electrons. The van der Waals surface area contributed by atoms with Gasteiger partial charge in [0.05, 0.1) is 7.11 Å². The number of halogens is 1. The van der Waals surface area contributed by atoms with Gasteiger partial charge in [-0.15, -0.1) is 0 Å². The lowest BCUT2D eigenvalue weighted by atomic mass is 9.87. The second-order valence-corrected chi connectivity index (χ2v) is 23.9. The number of hydrogen-bond acceptors (Lipinski definition) is 18. The topological polar surface area (TPSA) is 187 Å². The van der Waals surface area contributed by atoms with Crippen molar-refractivity contribution in [3.63, 3.8) is 0 Å². The van der Waals surface area contributed by atoms with Crippen molar-refractivity contribution in [2.75, 3.05) is 99.8 Å². The molecule has 19 heteroatoms. The van der Waals surface area contributed by atoms with Gasteiger partial charge >= 0.3 is 0 Å². The first-order valence-corrected chi connectivity index (χ1v) is 31.9. The molecule has 0 aliphatic carbocycles. The third kappa shape index (κ3) is 14.2. The van der Waals surface area contributed by atoms with Gasteiger partial charge in [-0.2, -0.15) is 29.9 Å². The van der Waals surface area contributed by atoms with E-state index >= 15 is 0 Å². The fourth-order valence-corrected chi connectivity index (χ4v) is 12.5. The molecule has 7 aromatic carbocycles. The van der Waals surface area contributed by atoms with Gasteiger partial charge in [0.15, 0.2) is 11.5 Å². The van der Waals surface area contributed by atoms with Gasteiger partial charge in [-0.05, 0) is 189 Å². The summed E-state index contributed by atoms with van der Waals surface area (Å²) in [6.45, 7) is 7.78. The van der Waals surface area contributed by atoms with Crippen molar-refractivity contribution in [3.8, 4) is 39.5 Å². The molecule has 4 aliphatic heterocycles. The molecule has 0 amide bonds. The molecule has 0 unspecified atom stereocenters. The Kier molecular flexibility index (Phi) is 17.4. The van der Waals surface area contributed by atoms with Crippen molar-refractivity contribution >= 4 is 81.2 Å². The average molecular weight is 1230 g/mol. The predicted octanol–water partition coefficient (Wildman–Crippen LogP) is 16.3. The van der Waals surface area contributed by atoms with Crippen molar-refractivity contribution in [1.82, 2.24) is 29.9 Å². The molecule has 3 aromatic heterocycles. The molecule has 92 heavy (non-hydrogen) atoms. The highest BCUT2D eigenvalue weighted by atomic mass is 19.1. The van der Waals surface area contributed by atoms with Crippen LogP contribution in [0.5, 0.6) is 17.2 Å². The lowest BCUT2D eigenvalue weighted by Gasteiger charge is -2.33. The number of aromatic nitrogens is 6. The van der Waals surface area contributed by atoms with Crippen LogP contribution in [0.3, 0.4) is 0 Å². The number of para-hydroxylation sites is 1. The highest BCUT2D eigenvalue weighted by Gasteiger charge is 2.30. The molecule has 10 aromatic rings. The number of methoxy groups -OCH3 is 1. The summed E-state index contributed by atoms with van der Waals surface area (Å²) in [7, 11) is 1.64. The third-order valence-corrected chi connectivity index (χ3v) is 17.4. The summed E-state index contributed by atoms with van der Waals surface area (Å²) in [5.74, 6) is 8.41. The van der Waals surface area contributed by atoms with E-state index < -0.39 is 0 Å². The van der Waals surface area contributed by atoms with Crippen LogP contribution in [0, 0.1) is 12.7 Å². The normalized spacial score (nSPS) is 14.8. The minimum atomic E-state index is -0.291. The minimum Gasteiger partial charge on any atom is -0.497 e. The molecule has 0 atom stereocenters. The molecule has 3 saturated heterocycles. The zero-order chi connectivity index (χ0) is 62.2. The largest absolute Gasteiger partial charge is 0.497 e. The van der Waals surface area contributed by atoms with Crippen LogP contribution in [0.1, 0.15) is 74.0 Å². The maximum absolute atomic E-state index is 14.1. The molecular formula is C73H74FN15O3. The Bertz CT molecular complexity index is 4180. The van der Waals surface area contributed by atoms with Gasteiger partial charge in [0, 0.05) is 98.0 Å². The number of nitrogens with zero attached hydrogens (tertiary/aromatic N) is 9. The van der Waals surface area contributed by atoms with E-state index in [-0.39, 0.29) is 18.5 Å². The SMILES string of the molecule is COc1ccc(Nc2nc(Nc3ccc(F)cc3C)cc(N3CCC(c4cc(CNc5cc(Nc6cccc(-c7ccc(-c8ccc(Nc9cc(Nc%10ccccc%10)nc(N%10CCCCC%10)n9)cc8)cc7)c6)nc(N6CCCCC6)n5)cc5c4OCO5)CC3)n2)cc1. The van der Waals surface area contributed by atoms with E-state index in [0.717, 1.165) is 192 Å². The first-order chi connectivity index (χ1) is 45.2. The van der Waals surface area contributed by atoms with Gasteiger partial charge in [0.2, 0.25) is 24.6 Å². The number of nitrogens with one attached hydrogen (secondary N) is 6. The lowest BCUT2D eigenvalue weighted by Crippen LogP contribution is -2.33. The summed E-state index contributed by atoms with van der Waals surface area (Å²) < 4.78 is 31.8. The van der Waals surface area contributed by atoms with E-state index in [1.54, 1.807) is 13.2 Å². The smallest absolute Gasteiger partial charge is 0.231 e. The van der Waals surface area contributed by atoms with Crippen LogP contribution in [0.4, 0.5) is 85.6 Å². The Labute approximate surface area is 535 Å². The average Bonchev–Trinajstić information content (AvgIpc) is 1.56. The van der Waals surface area contributed by atoms with Crippen molar-refractivity contribution in [1.29, 1.82) is 0 Å². The number of rotatable bonds is 20. The van der Waals surface area contributed by atoms with Crippen LogP contribution in [-0.2, 0) is 6.54 Å². The Morgan fingerprint density at radius 2 is 1.05 bits per heavy atom. The highest BCUT2D eigenvalue weighted by molar-refractivity contribution is 5.76. The quantitative estimate of drug-likeness (QED) is 0.0423. The van der Waals surface area contributed by atoms with E-state index in [0.29, 0.717) is 30.1 Å². The third-order valence-electron chi connectivity index (χ3n) is 17.4. The van der Waals surface area contributed by atoms with Crippen LogP contribution in [0.2, 0.25) is 0 Å². The maximum Gasteiger partial charge on any atom is 0.231 e. The molecule has 6 N–H and O–H groups in total. The lowest BCUT2D eigenvalue weighted by molar-refractivity contribution is 0.172. The monoisotopic (exact) mass is 1230 g/mol. The van der Waals surface area contributed by atoms with Crippen LogP contribution < -0.4 is 60.8 Å². The number of ether oxygens (including phenoxy) is 3. The van der Waals surface area contributed by atoms with Gasteiger partial charge < -0.3 is 60.8 Å². The van der Waals surface area contributed by atoms with Gasteiger partial charge in [-0.1, -0.05) is 66.7 Å². The molecule has 4 aliphatic rings. The van der Waals surface area contributed by atoms with Gasteiger partial charge in [-0.25, -0.2) is 4.39 Å². The van der Waals surface area contributed by atoms with Crippen molar-refractivity contribution < 1.29 is 18.6 Å². The number of piperidine rings is 3. The molecule has 7 heterocycles. The van der Waals surface area contributed by atoms with Crippen LogP contribution >= 0.6 is 0 Å². The molecular weight excluding hydrogens is 1150 g/mol. The number of anilines is 14. The molecule has 18 nitrogen and oxygen atoms in total. The molecule has 0 saturated carbocycles. The number of fused-ring (bicyclic) bond motifs is 1. The van der Waals surface area contributed by atoms with E-state index in [4.69, 9.17) is 44.1 Å². The summed E-state index contributed by atoms with van der Waals surface area (Å²) >= 11 is 0. The molecule has 0 bridgehead atoms. The second-order valence-electron chi connectivity index (χ2n) is 23.9. The molecule has 0 spiro atoms. The van der Waals surface area contributed by atoms with Crippen LogP contribution in [-0.4, -0.2) is 83.1 Å². The first kappa shape index (κ1) is 59.0. The number of benzene rings is 7. The Balaban J connectivity index is 0.645. The Morgan fingerprint density at radius 3 is 1.72 bits per heavy atom. The van der Waals surface area contributed by atoms with Crippen molar-refractivity contribution in [2.24, 2.45) is 0 Å². The zero-order valence-corrected chi connectivity index (χ0v) is 51.8. The fraction of sp³-hybridized carbons (Fsp3) is 0.260. The maximum atomic E-state index is 14.1. The van der Waals surface area contributed by atoms with E-state index in [2.05, 4.69) is 132 Å². The molecule has 0 radical (unpaired) electrons. The second kappa shape index (κ2) is 27.2. The first-order valence-electron chi connectivity index (χ1n) is 31.9. The van der Waals surface area contributed by atoms with E-state index in [9.17, 15) is 4.39 Å². The Hall–Kier alpha value is -10.7. The standard InChI is InChI=1S/C73H74FN15O3/c1-48-39-55(74)23-30-62(48)80-68-45-69(86-71(81-68)79-58-26-28-60(90-2)29-27-58)87-37-31-53(32-38-87)61-40-49(41-63-70(61)92-47-91-63)46-75-64-43-65(83-72(82-64)88-33-8-4-9-34-88)78-59-16-12-13-54(42-59)52-19-17-50(18-20-52)51-21-24-57(25-22-51)77-67-44-66(76-56-14-6-3-7-15-56)84-73(85-67)89-35-10-5-11-36-89/h3,6-7,12-30,39-45,53H,4-5,8-11,31-38,46-47H2,1-2H3,(H2,75,78,82,83)(H2,76,77,84,85)(H2,79,80,81,86). The van der Waals surface area contributed by atoms with Gasteiger partial charge in [0.1, 0.15) is 46.5 Å². The highest BCUT2D eigenvalue weighted by Crippen LogP contribution is 2.45. The van der Waals surface area contributed by atoms with Crippen LogP contribution in [0.15, 0.2) is 176 Å². The molecule has 14 rings (SSSR count). The summed E-state index contributed by atoms with van der Waals surface area (Å²) in [5.41, 5.74) is 11.8. The Morgan fingerprint density at radius 1 is 0.478 bits per heavy atom. The predicted molar refractivity (Wildman–Crippen MR) is 367 cm³/mol. The van der Waals surface area contributed by atoms with Crippen molar-refractivity contribution in [2.45, 2.75) is 70.8 Å². The summed E-state index contributed by atoms with van der Waals surface area (Å²) in [4.78, 5) is 36.8. The summed E-state index contributed by atoms with van der Waals surface area (Å²) in [5, 5.41) is 21.2. The van der Waals surface area contributed by atoms with Gasteiger partial charge in [-0.3, -0.25) is 0 Å². The summed E-state index contributed by atoms with van der Waals surface area (Å²) in [6.07, 6.45) is 8.64. The van der Waals surface area contributed by atoms with Crippen molar-refractivity contribution in [3.05, 3.63) is 198 Å². The summed E-state index contributed by atoms with van der Waals surface area (Å²) in [6, 6.07) is 58.4. The zero-order valence-electron chi connectivity index (χ0n) is 51.8. The fourth-order valence-electron chi connectivity index (χ4n) is 12.5.